The zero-order valence-corrected chi connectivity index (χ0v) is 15.9. The van der Waals surface area contributed by atoms with Crippen LogP contribution in [0.3, 0.4) is 0 Å². The van der Waals surface area contributed by atoms with E-state index in [4.69, 9.17) is 11.6 Å². The normalized spacial score (nSPS) is 11.0. The van der Waals surface area contributed by atoms with E-state index in [2.05, 4.69) is 10.6 Å². The highest BCUT2D eigenvalue weighted by Gasteiger charge is 2.36. The van der Waals surface area contributed by atoms with Crippen molar-refractivity contribution < 1.29 is 14.4 Å². The van der Waals surface area contributed by atoms with Gasteiger partial charge >= 0.3 is 0 Å². The Morgan fingerprint density at radius 1 is 0.885 bits per heavy atom. The molecular weight excluding hydrogens is 352 g/mol. The molecule has 0 aliphatic carbocycles. The Morgan fingerprint density at radius 2 is 1.38 bits per heavy atom. The molecule has 0 heterocycles. The van der Waals surface area contributed by atoms with Gasteiger partial charge in [-0.05, 0) is 69.7 Å². The second-order valence-corrected chi connectivity index (χ2v) is 7.04. The summed E-state index contributed by atoms with van der Waals surface area (Å²) in [4.78, 5) is 36.4. The van der Waals surface area contributed by atoms with Crippen LogP contribution in [-0.2, 0) is 9.59 Å². The van der Waals surface area contributed by atoms with E-state index in [0.29, 0.717) is 22.0 Å². The van der Waals surface area contributed by atoms with Crippen LogP contribution in [-0.4, -0.2) is 17.6 Å². The lowest BCUT2D eigenvalue weighted by Gasteiger charge is -2.23. The van der Waals surface area contributed by atoms with Gasteiger partial charge in [-0.25, -0.2) is 0 Å². The summed E-state index contributed by atoms with van der Waals surface area (Å²) in [6, 6.07) is 11.7. The first-order chi connectivity index (χ1) is 12.1. The van der Waals surface area contributed by atoms with Gasteiger partial charge in [-0.15, -0.1) is 0 Å². The fourth-order valence-corrected chi connectivity index (χ4v) is 2.32. The predicted molar refractivity (Wildman–Crippen MR) is 104 cm³/mol. The van der Waals surface area contributed by atoms with Gasteiger partial charge in [-0.3, -0.25) is 14.4 Å². The molecule has 0 saturated carbocycles. The molecule has 0 bridgehead atoms. The van der Waals surface area contributed by atoms with Crippen LogP contribution in [0.2, 0.25) is 5.02 Å². The van der Waals surface area contributed by atoms with Crippen molar-refractivity contribution in [3.63, 3.8) is 0 Å². The van der Waals surface area contributed by atoms with Gasteiger partial charge in [0.1, 0.15) is 5.41 Å². The molecule has 2 rings (SSSR count). The highest BCUT2D eigenvalue weighted by Crippen LogP contribution is 2.24. The summed E-state index contributed by atoms with van der Waals surface area (Å²) in [5.74, 6) is -0.960. The monoisotopic (exact) mass is 372 g/mol. The van der Waals surface area contributed by atoms with Crippen molar-refractivity contribution in [2.45, 2.75) is 27.7 Å². The quantitative estimate of drug-likeness (QED) is 0.601. The molecule has 5 nitrogen and oxygen atoms in total. The van der Waals surface area contributed by atoms with Crippen LogP contribution in [0.25, 0.3) is 0 Å². The van der Waals surface area contributed by atoms with Gasteiger partial charge in [0.05, 0.1) is 0 Å². The van der Waals surface area contributed by atoms with Crippen molar-refractivity contribution in [3.05, 3.63) is 58.6 Å². The molecule has 0 atom stereocenters. The molecule has 0 aromatic heterocycles. The molecule has 136 valence electrons. The molecule has 0 aliphatic heterocycles. The lowest BCUT2D eigenvalue weighted by Crippen LogP contribution is -2.41. The number of carbonyl (C=O) groups is 3. The number of hydrogen-bond acceptors (Lipinski definition) is 3. The SMILES string of the molecule is CC(=O)c1ccc(NC(=O)C(C)(C)C(=O)Nc2ccc(C)c(Cl)c2)cc1. The molecule has 0 spiro atoms. The number of rotatable bonds is 5. The maximum atomic E-state index is 12.5. The summed E-state index contributed by atoms with van der Waals surface area (Å²) in [6.07, 6.45) is 0. The van der Waals surface area contributed by atoms with Gasteiger partial charge in [0.25, 0.3) is 0 Å². The first-order valence-corrected chi connectivity index (χ1v) is 8.49. The largest absolute Gasteiger partial charge is 0.325 e. The Morgan fingerprint density at radius 3 is 1.88 bits per heavy atom. The van der Waals surface area contributed by atoms with Crippen LogP contribution in [0.15, 0.2) is 42.5 Å². The molecule has 0 saturated heterocycles. The molecule has 0 fully saturated rings. The fraction of sp³-hybridized carbons (Fsp3) is 0.250. The number of Topliss-reactive ketones (excluding diaryl/α,β-unsaturated/α-hetero) is 1. The Bertz CT molecular complexity index is 858. The third-order valence-electron chi connectivity index (χ3n) is 4.11. The molecule has 0 aliphatic rings. The number of carbonyl (C=O) groups excluding carboxylic acids is 3. The smallest absolute Gasteiger partial charge is 0.239 e. The predicted octanol–water partition coefficient (Wildman–Crippen LogP) is 4.45. The Kier molecular flexibility index (Phi) is 5.83. The molecule has 2 aromatic rings. The van der Waals surface area contributed by atoms with Gasteiger partial charge in [-0.1, -0.05) is 17.7 Å². The second-order valence-electron chi connectivity index (χ2n) is 6.63. The maximum absolute atomic E-state index is 12.5. The number of ketones is 1. The summed E-state index contributed by atoms with van der Waals surface area (Å²) < 4.78 is 0. The molecule has 0 radical (unpaired) electrons. The maximum Gasteiger partial charge on any atom is 0.239 e. The number of halogens is 1. The van der Waals surface area contributed by atoms with Crippen molar-refractivity contribution in [3.8, 4) is 0 Å². The lowest BCUT2D eigenvalue weighted by atomic mass is 9.90. The van der Waals surface area contributed by atoms with Gasteiger partial charge in [0.2, 0.25) is 11.8 Å². The third kappa shape index (κ3) is 4.49. The summed E-state index contributed by atoms with van der Waals surface area (Å²) in [6.45, 7) is 6.41. The van der Waals surface area contributed by atoms with E-state index in [1.165, 1.54) is 20.8 Å². The molecule has 2 aromatic carbocycles. The van der Waals surface area contributed by atoms with Crippen LogP contribution >= 0.6 is 11.6 Å². The second kappa shape index (κ2) is 7.70. The number of benzene rings is 2. The molecular formula is C20H21ClN2O3. The summed E-state index contributed by atoms with van der Waals surface area (Å²) >= 11 is 6.06. The van der Waals surface area contributed by atoms with Crippen molar-refractivity contribution in [2.75, 3.05) is 10.6 Å². The number of amides is 2. The van der Waals surface area contributed by atoms with Crippen LogP contribution in [0.5, 0.6) is 0 Å². The molecule has 2 amide bonds. The van der Waals surface area contributed by atoms with Crippen LogP contribution in [0.4, 0.5) is 11.4 Å². The zero-order chi connectivity index (χ0) is 19.5. The number of aryl methyl sites for hydroxylation is 1. The van der Waals surface area contributed by atoms with Crippen molar-refractivity contribution in [1.82, 2.24) is 0 Å². The van der Waals surface area contributed by atoms with Crippen molar-refractivity contribution >= 4 is 40.6 Å². The highest BCUT2D eigenvalue weighted by atomic mass is 35.5. The van der Waals surface area contributed by atoms with E-state index in [0.717, 1.165) is 5.56 Å². The van der Waals surface area contributed by atoms with E-state index in [1.807, 2.05) is 6.92 Å². The van der Waals surface area contributed by atoms with E-state index >= 15 is 0 Å². The van der Waals surface area contributed by atoms with E-state index < -0.39 is 17.2 Å². The van der Waals surface area contributed by atoms with E-state index in [1.54, 1.807) is 42.5 Å². The average Bonchev–Trinajstić information content (AvgIpc) is 2.58. The van der Waals surface area contributed by atoms with E-state index in [-0.39, 0.29) is 5.78 Å². The molecule has 26 heavy (non-hydrogen) atoms. The van der Waals surface area contributed by atoms with Gasteiger partial charge in [-0.2, -0.15) is 0 Å². The highest BCUT2D eigenvalue weighted by molar-refractivity contribution is 6.31. The number of nitrogens with one attached hydrogen (secondary N) is 2. The summed E-state index contributed by atoms with van der Waals surface area (Å²) in [7, 11) is 0. The first kappa shape index (κ1) is 19.7. The minimum Gasteiger partial charge on any atom is -0.325 e. The number of anilines is 2. The molecule has 0 unspecified atom stereocenters. The third-order valence-corrected chi connectivity index (χ3v) is 4.52. The summed E-state index contributed by atoms with van der Waals surface area (Å²) in [5, 5.41) is 5.95. The number of hydrogen-bond donors (Lipinski definition) is 2. The topological polar surface area (TPSA) is 75.3 Å². The van der Waals surface area contributed by atoms with Crippen molar-refractivity contribution in [1.29, 1.82) is 0 Å². The minimum atomic E-state index is -1.31. The average molecular weight is 373 g/mol. The van der Waals surface area contributed by atoms with Gasteiger partial charge < -0.3 is 10.6 Å². The standard InChI is InChI=1S/C20H21ClN2O3/c1-12-5-8-16(11-17(12)21)23-19(26)20(3,4)18(25)22-15-9-6-14(7-10-15)13(2)24/h5-11H,1-4H3,(H,22,25)(H,23,26). The Balaban J connectivity index is 2.09. The van der Waals surface area contributed by atoms with Crippen LogP contribution < -0.4 is 10.6 Å². The Labute approximate surface area is 157 Å². The van der Waals surface area contributed by atoms with Gasteiger partial charge in [0, 0.05) is 22.0 Å². The summed E-state index contributed by atoms with van der Waals surface area (Å²) in [5.41, 5.74) is 1.18. The van der Waals surface area contributed by atoms with Crippen LogP contribution in [0, 0.1) is 12.3 Å². The van der Waals surface area contributed by atoms with Crippen molar-refractivity contribution in [2.24, 2.45) is 5.41 Å². The minimum absolute atomic E-state index is 0.0562. The van der Waals surface area contributed by atoms with E-state index in [9.17, 15) is 14.4 Å². The fourth-order valence-electron chi connectivity index (χ4n) is 2.14. The molecule has 2 N–H and O–H groups in total. The van der Waals surface area contributed by atoms with Gasteiger partial charge in [0.15, 0.2) is 5.78 Å². The molecule has 6 heteroatoms. The first-order valence-electron chi connectivity index (χ1n) is 8.11. The van der Waals surface area contributed by atoms with Crippen LogP contribution in [0.1, 0.15) is 36.7 Å². The Hall–Kier alpha value is -2.66. The lowest BCUT2D eigenvalue weighted by molar-refractivity contribution is -0.135. The zero-order valence-electron chi connectivity index (χ0n) is 15.1.